The average Bonchev–Trinajstić information content (AvgIpc) is 3.14. The fourth-order valence-corrected chi connectivity index (χ4v) is 4.84. The average molecular weight is 453 g/mol. The maximum atomic E-state index is 12.5. The second-order valence-electron chi connectivity index (χ2n) is 8.61. The minimum absolute atomic E-state index is 0.0283. The lowest BCUT2D eigenvalue weighted by molar-refractivity contribution is -0.143. The zero-order chi connectivity index (χ0) is 23.4. The van der Waals surface area contributed by atoms with Gasteiger partial charge in [-0.2, -0.15) is 0 Å². The predicted molar refractivity (Wildman–Crippen MR) is 121 cm³/mol. The molecule has 4 N–H and O–H groups in total. The molecule has 0 spiro atoms. The molecular formula is C25H28N2O6. The van der Waals surface area contributed by atoms with E-state index in [9.17, 15) is 14.4 Å². The highest BCUT2D eigenvalue weighted by Crippen LogP contribution is 2.44. The fourth-order valence-electron chi connectivity index (χ4n) is 4.84. The van der Waals surface area contributed by atoms with Crippen molar-refractivity contribution in [3.63, 3.8) is 0 Å². The molecule has 1 fully saturated rings. The van der Waals surface area contributed by atoms with E-state index in [-0.39, 0.29) is 18.6 Å². The van der Waals surface area contributed by atoms with Crippen molar-refractivity contribution in [2.24, 2.45) is 5.92 Å². The summed E-state index contributed by atoms with van der Waals surface area (Å²) in [6, 6.07) is 14.7. The Bertz CT molecular complexity index is 994. The fraction of sp³-hybridized carbons (Fsp3) is 0.400. The summed E-state index contributed by atoms with van der Waals surface area (Å²) in [5, 5.41) is 23.3. The van der Waals surface area contributed by atoms with Crippen LogP contribution in [0.3, 0.4) is 0 Å². The van der Waals surface area contributed by atoms with Crippen molar-refractivity contribution in [1.29, 1.82) is 0 Å². The Labute approximate surface area is 192 Å². The highest BCUT2D eigenvalue weighted by atomic mass is 16.5. The van der Waals surface area contributed by atoms with Crippen molar-refractivity contribution < 1.29 is 29.3 Å². The second-order valence-corrected chi connectivity index (χ2v) is 8.61. The van der Waals surface area contributed by atoms with Crippen LogP contribution in [0.2, 0.25) is 0 Å². The molecule has 33 heavy (non-hydrogen) atoms. The topological polar surface area (TPSA) is 125 Å². The third kappa shape index (κ3) is 5.01. The van der Waals surface area contributed by atoms with Gasteiger partial charge < -0.3 is 25.6 Å². The maximum absolute atomic E-state index is 12.5. The molecule has 0 bridgehead atoms. The summed E-state index contributed by atoms with van der Waals surface area (Å²) in [5.41, 5.74) is 4.59. The molecule has 3 atom stereocenters. The third-order valence-corrected chi connectivity index (χ3v) is 6.51. The first-order valence-corrected chi connectivity index (χ1v) is 11.2. The number of alkyl carbamates (subject to hydrolysis) is 1. The third-order valence-electron chi connectivity index (χ3n) is 6.51. The standard InChI is InChI=1S/C25H28N2O6/c28-13-22(24(30)31)27-23(29)15-6-5-7-16(12-15)26-25(32)33-14-21-19-10-3-1-8-17(19)18-9-2-4-11-20(18)21/h1-4,8-11,15-16,21-22,28H,5-7,12-14H2,(H,26,32)(H,27,29)(H,30,31). The van der Waals surface area contributed by atoms with Crippen molar-refractivity contribution in [1.82, 2.24) is 10.6 Å². The number of carbonyl (C=O) groups is 3. The molecule has 2 aromatic rings. The van der Waals surface area contributed by atoms with E-state index in [2.05, 4.69) is 34.9 Å². The zero-order valence-corrected chi connectivity index (χ0v) is 18.2. The number of hydrogen-bond donors (Lipinski definition) is 4. The number of aliphatic carboxylic acids is 1. The van der Waals surface area contributed by atoms with Crippen LogP contribution in [0.4, 0.5) is 4.79 Å². The lowest BCUT2D eigenvalue weighted by Gasteiger charge is -2.29. The normalized spacial score (nSPS) is 20.3. The van der Waals surface area contributed by atoms with Crippen molar-refractivity contribution >= 4 is 18.0 Å². The van der Waals surface area contributed by atoms with Crippen molar-refractivity contribution in [2.45, 2.75) is 43.7 Å². The number of nitrogens with one attached hydrogen (secondary N) is 2. The lowest BCUT2D eigenvalue weighted by Crippen LogP contribution is -2.48. The molecule has 174 valence electrons. The van der Waals surface area contributed by atoms with E-state index in [1.807, 2.05) is 24.3 Å². The lowest BCUT2D eigenvalue weighted by atomic mass is 9.85. The SMILES string of the molecule is O=C(NC1CCCC(C(=O)NC(CO)C(=O)O)C1)OCC1c2ccccc2-c2ccccc21. The minimum Gasteiger partial charge on any atom is -0.480 e. The predicted octanol–water partition coefficient (Wildman–Crippen LogP) is 2.65. The van der Waals surface area contributed by atoms with Crippen LogP contribution < -0.4 is 10.6 Å². The molecule has 0 saturated heterocycles. The molecule has 2 aromatic carbocycles. The summed E-state index contributed by atoms with van der Waals surface area (Å²) in [7, 11) is 0. The Morgan fingerprint density at radius 3 is 2.24 bits per heavy atom. The maximum Gasteiger partial charge on any atom is 0.407 e. The molecule has 2 aliphatic carbocycles. The molecule has 2 amide bonds. The smallest absolute Gasteiger partial charge is 0.407 e. The zero-order valence-electron chi connectivity index (χ0n) is 18.2. The van der Waals surface area contributed by atoms with Gasteiger partial charge >= 0.3 is 12.1 Å². The van der Waals surface area contributed by atoms with Gasteiger partial charge in [-0.05, 0) is 41.5 Å². The van der Waals surface area contributed by atoms with Gasteiger partial charge in [0.05, 0.1) is 6.61 Å². The van der Waals surface area contributed by atoms with E-state index in [0.29, 0.717) is 12.8 Å². The van der Waals surface area contributed by atoms with Gasteiger partial charge in [0.2, 0.25) is 5.91 Å². The van der Waals surface area contributed by atoms with Crippen molar-refractivity contribution in [2.75, 3.05) is 13.2 Å². The molecule has 8 nitrogen and oxygen atoms in total. The molecule has 8 heteroatoms. The molecule has 1 saturated carbocycles. The van der Waals surface area contributed by atoms with Crippen LogP contribution in [0.1, 0.15) is 42.7 Å². The van der Waals surface area contributed by atoms with Crippen LogP contribution >= 0.6 is 0 Å². The Morgan fingerprint density at radius 1 is 1.00 bits per heavy atom. The molecule has 0 aromatic heterocycles. The Kier molecular flexibility index (Phi) is 6.93. The molecule has 4 rings (SSSR count). The molecular weight excluding hydrogens is 424 g/mol. The van der Waals surface area contributed by atoms with Gasteiger partial charge in [0.25, 0.3) is 0 Å². The number of ether oxygens (including phenoxy) is 1. The number of aliphatic hydroxyl groups excluding tert-OH is 1. The number of aliphatic hydroxyl groups is 1. The van der Waals surface area contributed by atoms with Gasteiger partial charge in [-0.3, -0.25) is 4.79 Å². The summed E-state index contributed by atoms with van der Waals surface area (Å²) in [6.07, 6.45) is 1.92. The number of amides is 2. The highest BCUT2D eigenvalue weighted by Gasteiger charge is 2.32. The summed E-state index contributed by atoms with van der Waals surface area (Å²) in [4.78, 5) is 36.0. The first-order chi connectivity index (χ1) is 16.0. The van der Waals surface area contributed by atoms with E-state index in [1.54, 1.807) is 0 Å². The molecule has 2 aliphatic rings. The van der Waals surface area contributed by atoms with Gasteiger partial charge in [0, 0.05) is 17.9 Å². The van der Waals surface area contributed by atoms with Gasteiger partial charge in [-0.25, -0.2) is 9.59 Å². The van der Waals surface area contributed by atoms with Crippen LogP contribution in [0, 0.1) is 5.92 Å². The van der Waals surface area contributed by atoms with Crippen molar-refractivity contribution in [3.8, 4) is 11.1 Å². The van der Waals surface area contributed by atoms with E-state index >= 15 is 0 Å². The summed E-state index contributed by atoms with van der Waals surface area (Å²) in [5.74, 6) is -2.16. The van der Waals surface area contributed by atoms with Gasteiger partial charge in [0.15, 0.2) is 0 Å². The Balaban J connectivity index is 1.32. The number of fused-ring (bicyclic) bond motifs is 3. The van der Waals surface area contributed by atoms with Crippen LogP contribution in [-0.4, -0.2) is 53.5 Å². The van der Waals surface area contributed by atoms with Gasteiger partial charge in [-0.1, -0.05) is 55.0 Å². The second kappa shape index (κ2) is 10.0. The van der Waals surface area contributed by atoms with Crippen LogP contribution in [0.15, 0.2) is 48.5 Å². The number of carbonyl (C=O) groups excluding carboxylic acids is 2. The minimum atomic E-state index is -1.33. The number of carboxylic acids is 1. The number of rotatable bonds is 7. The number of carboxylic acid groups (broad SMARTS) is 1. The monoisotopic (exact) mass is 452 g/mol. The Morgan fingerprint density at radius 2 is 1.64 bits per heavy atom. The molecule has 0 radical (unpaired) electrons. The quantitative estimate of drug-likeness (QED) is 0.512. The first-order valence-electron chi connectivity index (χ1n) is 11.2. The molecule has 0 aliphatic heterocycles. The van der Waals surface area contributed by atoms with E-state index in [4.69, 9.17) is 14.9 Å². The van der Waals surface area contributed by atoms with Gasteiger partial charge in [0.1, 0.15) is 12.6 Å². The van der Waals surface area contributed by atoms with Crippen molar-refractivity contribution in [3.05, 3.63) is 59.7 Å². The largest absolute Gasteiger partial charge is 0.480 e. The summed E-state index contributed by atoms with van der Waals surface area (Å²) < 4.78 is 5.59. The molecule has 3 unspecified atom stereocenters. The molecule has 0 heterocycles. The number of benzene rings is 2. The van der Waals surface area contributed by atoms with Crippen LogP contribution in [0.25, 0.3) is 11.1 Å². The first kappa shape index (κ1) is 22.8. The Hall–Kier alpha value is -3.39. The summed E-state index contributed by atoms with van der Waals surface area (Å²) in [6.45, 7) is -0.456. The highest BCUT2D eigenvalue weighted by molar-refractivity contribution is 5.85. The van der Waals surface area contributed by atoms with E-state index in [1.165, 1.54) is 0 Å². The van der Waals surface area contributed by atoms with Gasteiger partial charge in [-0.15, -0.1) is 0 Å². The summed E-state index contributed by atoms with van der Waals surface area (Å²) >= 11 is 0. The van der Waals surface area contributed by atoms with E-state index in [0.717, 1.165) is 35.1 Å². The number of hydrogen-bond acceptors (Lipinski definition) is 5. The van der Waals surface area contributed by atoms with Crippen LogP contribution in [-0.2, 0) is 14.3 Å². The van der Waals surface area contributed by atoms with E-state index < -0.39 is 36.5 Å². The van der Waals surface area contributed by atoms with Crippen LogP contribution in [0.5, 0.6) is 0 Å².